The molecule has 6 heteroatoms. The molecule has 1 atom stereocenters. The van der Waals surface area contributed by atoms with Crippen molar-refractivity contribution in [3.63, 3.8) is 0 Å². The Morgan fingerprint density at radius 2 is 1.90 bits per heavy atom. The van der Waals surface area contributed by atoms with Gasteiger partial charge < -0.3 is 20.5 Å². The second kappa shape index (κ2) is 6.47. The number of amides is 1. The molecule has 0 radical (unpaired) electrons. The minimum Gasteiger partial charge on any atom is -0.495 e. The average molecular weight is 294 g/mol. The van der Waals surface area contributed by atoms with Crippen LogP contribution in [0.5, 0.6) is 5.75 Å². The minimum absolute atomic E-state index is 0.267. The van der Waals surface area contributed by atoms with Crippen LogP contribution >= 0.6 is 0 Å². The molecule has 1 unspecified atom stereocenters. The Hall–Kier alpha value is -2.24. The fourth-order valence-corrected chi connectivity index (χ4v) is 1.61. The minimum atomic E-state index is -0.889. The number of rotatable bonds is 4. The third-order valence-corrected chi connectivity index (χ3v) is 2.62. The molecule has 1 amide bonds. The second-order valence-corrected chi connectivity index (χ2v) is 5.74. The zero-order chi connectivity index (χ0) is 16.2. The summed E-state index contributed by atoms with van der Waals surface area (Å²) in [5.74, 6) is -0.483. The van der Waals surface area contributed by atoms with E-state index in [4.69, 9.17) is 15.2 Å². The van der Waals surface area contributed by atoms with Gasteiger partial charge in [-0.15, -0.1) is 0 Å². The van der Waals surface area contributed by atoms with Crippen molar-refractivity contribution in [2.24, 2.45) is 0 Å². The van der Waals surface area contributed by atoms with Gasteiger partial charge in [0.25, 0.3) is 5.91 Å². The number of nitrogens with two attached hydrogens (primary N) is 1. The summed E-state index contributed by atoms with van der Waals surface area (Å²) in [6.07, 6.45) is -0.889. The van der Waals surface area contributed by atoms with Gasteiger partial charge in [0.15, 0.2) is 6.10 Å². The average Bonchev–Trinajstić information content (AvgIpc) is 2.36. The summed E-state index contributed by atoms with van der Waals surface area (Å²) in [6.45, 7) is 7.07. The van der Waals surface area contributed by atoms with Crippen LogP contribution in [0.4, 0.5) is 5.69 Å². The molecule has 0 aliphatic heterocycles. The monoisotopic (exact) mass is 294 g/mol. The van der Waals surface area contributed by atoms with Crippen LogP contribution in [0.15, 0.2) is 18.2 Å². The van der Waals surface area contributed by atoms with E-state index in [2.05, 4.69) is 5.32 Å². The van der Waals surface area contributed by atoms with Gasteiger partial charge in [0.2, 0.25) is 0 Å². The SMILES string of the molecule is COc1ccc(C(=O)OC(C)C(=O)NC(C)(C)C)cc1N. The number of nitrogen functional groups attached to an aromatic ring is 1. The number of hydrogen-bond acceptors (Lipinski definition) is 5. The molecule has 0 spiro atoms. The van der Waals surface area contributed by atoms with Crippen LogP contribution in [-0.2, 0) is 9.53 Å². The molecule has 0 aliphatic carbocycles. The molecule has 1 rings (SSSR count). The Labute approximate surface area is 124 Å². The van der Waals surface area contributed by atoms with Crippen LogP contribution in [0, 0.1) is 0 Å². The van der Waals surface area contributed by atoms with Crippen molar-refractivity contribution in [1.82, 2.24) is 5.32 Å². The maximum Gasteiger partial charge on any atom is 0.338 e. The van der Waals surface area contributed by atoms with E-state index in [9.17, 15) is 9.59 Å². The number of methoxy groups -OCH3 is 1. The molecule has 3 N–H and O–H groups in total. The van der Waals surface area contributed by atoms with Crippen LogP contribution in [0.3, 0.4) is 0 Å². The molecule has 0 bridgehead atoms. The van der Waals surface area contributed by atoms with Crippen LogP contribution in [0.25, 0.3) is 0 Å². The van der Waals surface area contributed by atoms with Gasteiger partial charge in [-0.2, -0.15) is 0 Å². The first kappa shape index (κ1) is 16.8. The normalized spacial score (nSPS) is 12.4. The highest BCUT2D eigenvalue weighted by molar-refractivity contribution is 5.93. The number of benzene rings is 1. The lowest BCUT2D eigenvalue weighted by Crippen LogP contribution is -2.46. The van der Waals surface area contributed by atoms with Crippen molar-refractivity contribution in [3.8, 4) is 5.75 Å². The standard InChI is InChI=1S/C15H22N2O4/c1-9(13(18)17-15(2,3)4)21-14(19)10-6-7-12(20-5)11(16)8-10/h6-9H,16H2,1-5H3,(H,17,18). The van der Waals surface area contributed by atoms with Crippen LogP contribution in [0.1, 0.15) is 38.1 Å². The molecule has 1 aromatic rings. The van der Waals surface area contributed by atoms with Gasteiger partial charge in [0.1, 0.15) is 5.75 Å². The maximum absolute atomic E-state index is 12.0. The molecular weight excluding hydrogens is 272 g/mol. The van der Waals surface area contributed by atoms with Gasteiger partial charge in [0.05, 0.1) is 18.4 Å². The van der Waals surface area contributed by atoms with Crippen molar-refractivity contribution >= 4 is 17.6 Å². The highest BCUT2D eigenvalue weighted by Gasteiger charge is 2.23. The first-order chi connectivity index (χ1) is 9.64. The number of carbonyl (C=O) groups is 2. The largest absolute Gasteiger partial charge is 0.495 e. The highest BCUT2D eigenvalue weighted by atomic mass is 16.5. The van der Waals surface area contributed by atoms with Crippen molar-refractivity contribution in [1.29, 1.82) is 0 Å². The number of hydrogen-bond donors (Lipinski definition) is 2. The van der Waals surface area contributed by atoms with E-state index in [-0.39, 0.29) is 17.0 Å². The number of anilines is 1. The van der Waals surface area contributed by atoms with E-state index < -0.39 is 12.1 Å². The lowest BCUT2D eigenvalue weighted by atomic mass is 10.1. The molecule has 0 aromatic heterocycles. The quantitative estimate of drug-likeness (QED) is 0.652. The zero-order valence-electron chi connectivity index (χ0n) is 13.0. The smallest absolute Gasteiger partial charge is 0.338 e. The molecule has 6 nitrogen and oxygen atoms in total. The van der Waals surface area contributed by atoms with E-state index in [1.165, 1.54) is 26.2 Å². The molecule has 1 aromatic carbocycles. The van der Waals surface area contributed by atoms with Gasteiger partial charge in [-0.3, -0.25) is 4.79 Å². The second-order valence-electron chi connectivity index (χ2n) is 5.74. The Bertz CT molecular complexity index is 535. The van der Waals surface area contributed by atoms with E-state index in [1.807, 2.05) is 20.8 Å². The Morgan fingerprint density at radius 1 is 1.29 bits per heavy atom. The number of esters is 1. The van der Waals surface area contributed by atoms with Crippen LogP contribution in [-0.4, -0.2) is 30.6 Å². The van der Waals surface area contributed by atoms with Gasteiger partial charge in [-0.1, -0.05) is 0 Å². The number of ether oxygens (including phenoxy) is 2. The van der Waals surface area contributed by atoms with Gasteiger partial charge in [-0.05, 0) is 45.9 Å². The van der Waals surface area contributed by atoms with Crippen molar-refractivity contribution < 1.29 is 19.1 Å². The summed E-state index contributed by atoms with van der Waals surface area (Å²) < 4.78 is 10.1. The molecule has 116 valence electrons. The molecule has 0 heterocycles. The number of carbonyl (C=O) groups excluding carboxylic acids is 2. The first-order valence-electron chi connectivity index (χ1n) is 6.60. The van der Waals surface area contributed by atoms with Crippen molar-refractivity contribution in [3.05, 3.63) is 23.8 Å². The Kier molecular flexibility index (Phi) is 5.18. The van der Waals surface area contributed by atoms with E-state index in [1.54, 1.807) is 6.07 Å². The number of nitrogens with one attached hydrogen (secondary N) is 1. The summed E-state index contributed by atoms with van der Waals surface area (Å²) in [5.41, 5.74) is 5.94. The summed E-state index contributed by atoms with van der Waals surface area (Å²) in [7, 11) is 1.49. The molecule has 0 saturated heterocycles. The van der Waals surface area contributed by atoms with Gasteiger partial charge in [0, 0.05) is 5.54 Å². The maximum atomic E-state index is 12.0. The van der Waals surface area contributed by atoms with Gasteiger partial charge in [-0.25, -0.2) is 4.79 Å². The molecule has 0 saturated carbocycles. The van der Waals surface area contributed by atoms with Gasteiger partial charge >= 0.3 is 5.97 Å². The molecule has 21 heavy (non-hydrogen) atoms. The summed E-state index contributed by atoms with van der Waals surface area (Å²) >= 11 is 0. The Morgan fingerprint density at radius 3 is 2.38 bits per heavy atom. The van der Waals surface area contributed by atoms with Crippen LogP contribution < -0.4 is 15.8 Å². The molecular formula is C15H22N2O4. The molecule has 0 fully saturated rings. The highest BCUT2D eigenvalue weighted by Crippen LogP contribution is 2.22. The summed E-state index contributed by atoms with van der Waals surface area (Å²) in [6, 6.07) is 4.56. The Balaban J connectivity index is 2.72. The topological polar surface area (TPSA) is 90.6 Å². The van der Waals surface area contributed by atoms with E-state index in [0.29, 0.717) is 11.4 Å². The van der Waals surface area contributed by atoms with Crippen LogP contribution in [0.2, 0.25) is 0 Å². The fourth-order valence-electron chi connectivity index (χ4n) is 1.61. The third kappa shape index (κ3) is 4.98. The summed E-state index contributed by atoms with van der Waals surface area (Å²) in [5, 5.41) is 2.74. The zero-order valence-corrected chi connectivity index (χ0v) is 13.0. The van der Waals surface area contributed by atoms with E-state index in [0.717, 1.165) is 0 Å². The fraction of sp³-hybridized carbons (Fsp3) is 0.467. The predicted molar refractivity (Wildman–Crippen MR) is 80.2 cm³/mol. The third-order valence-electron chi connectivity index (χ3n) is 2.62. The van der Waals surface area contributed by atoms with Crippen molar-refractivity contribution in [2.75, 3.05) is 12.8 Å². The first-order valence-corrected chi connectivity index (χ1v) is 6.60. The predicted octanol–water partition coefficient (Wildman–Crippen LogP) is 1.74. The van der Waals surface area contributed by atoms with E-state index >= 15 is 0 Å². The summed E-state index contributed by atoms with van der Waals surface area (Å²) in [4.78, 5) is 23.8. The molecule has 0 aliphatic rings. The lowest BCUT2D eigenvalue weighted by Gasteiger charge is -2.23. The lowest BCUT2D eigenvalue weighted by molar-refractivity contribution is -0.130. The van der Waals surface area contributed by atoms with Crippen molar-refractivity contribution in [2.45, 2.75) is 39.3 Å².